The molecule has 2 heterocycles. The van der Waals surface area contributed by atoms with Gasteiger partial charge in [0.2, 0.25) is 5.13 Å². The minimum Gasteiger partial charge on any atom is -0.489 e. The molecule has 140 valence electrons. The Kier molecular flexibility index (Phi) is 4.62. The van der Waals surface area contributed by atoms with Gasteiger partial charge in [-0.3, -0.25) is 15.3 Å². The third-order valence-electron chi connectivity index (χ3n) is 4.09. The number of rotatable bonds is 4. The van der Waals surface area contributed by atoms with Gasteiger partial charge in [0.25, 0.3) is 5.56 Å². The molecular formula is C20H15FN4O2S. The molecule has 0 amide bonds. The van der Waals surface area contributed by atoms with Crippen LogP contribution in [-0.4, -0.2) is 14.8 Å². The van der Waals surface area contributed by atoms with Crippen molar-refractivity contribution in [1.29, 1.82) is 5.41 Å². The number of hydrogen-bond donors (Lipinski definition) is 2. The molecule has 2 aliphatic heterocycles. The molecule has 2 N–H and O–H groups in total. The van der Waals surface area contributed by atoms with Crippen molar-refractivity contribution in [3.05, 3.63) is 91.2 Å². The zero-order valence-corrected chi connectivity index (χ0v) is 15.4. The van der Waals surface area contributed by atoms with Crippen molar-refractivity contribution < 1.29 is 9.13 Å². The second-order valence-electron chi connectivity index (χ2n) is 6.03. The standard InChI is InChI=1S/C20H15FN4O2S/c1-12-24-25-18(22)16(19(26)23-20(25)28-12)10-13-6-8-15(9-7-13)27-11-14-4-2-3-5-17(14)21/h2-10,22,24H,1,11H2/b16-10-,22-18?. The molecule has 28 heavy (non-hydrogen) atoms. The highest BCUT2D eigenvalue weighted by atomic mass is 32.1. The minimum atomic E-state index is -0.472. The predicted octanol–water partition coefficient (Wildman–Crippen LogP) is 1.50. The number of hydrogen-bond acceptors (Lipinski definition) is 5. The SMILES string of the molecule is C=c1[nH]n2c(=N)/c(=C/c3ccc(OCc4ccccc4F)cc3)c(=O)nc-2s1. The van der Waals surface area contributed by atoms with Crippen LogP contribution in [0.15, 0.2) is 53.3 Å². The van der Waals surface area contributed by atoms with Gasteiger partial charge in [-0.15, -0.1) is 0 Å². The summed E-state index contributed by atoms with van der Waals surface area (Å²) in [6.45, 7) is 3.89. The van der Waals surface area contributed by atoms with Crippen molar-refractivity contribution in [1.82, 2.24) is 14.8 Å². The molecule has 2 aromatic carbocycles. The maximum Gasteiger partial charge on any atom is 0.283 e. The van der Waals surface area contributed by atoms with E-state index in [-0.39, 0.29) is 23.1 Å². The summed E-state index contributed by atoms with van der Waals surface area (Å²) in [7, 11) is 0. The van der Waals surface area contributed by atoms with Gasteiger partial charge in [-0.1, -0.05) is 48.2 Å². The molecule has 4 rings (SSSR count). The van der Waals surface area contributed by atoms with Gasteiger partial charge in [0.05, 0.1) is 5.22 Å². The summed E-state index contributed by atoms with van der Waals surface area (Å²) in [6.07, 6.45) is 1.60. The third kappa shape index (κ3) is 3.49. The van der Waals surface area contributed by atoms with Crippen molar-refractivity contribution in [3.63, 3.8) is 0 Å². The lowest BCUT2D eigenvalue weighted by atomic mass is 10.2. The van der Waals surface area contributed by atoms with E-state index < -0.39 is 5.56 Å². The Morgan fingerprint density at radius 1 is 1.25 bits per heavy atom. The Balaban J connectivity index is 1.62. The molecule has 0 aliphatic carbocycles. The van der Waals surface area contributed by atoms with Crippen molar-refractivity contribution in [2.75, 3.05) is 0 Å². The zero-order chi connectivity index (χ0) is 19.7. The van der Waals surface area contributed by atoms with E-state index in [1.54, 1.807) is 48.5 Å². The van der Waals surface area contributed by atoms with Gasteiger partial charge in [0, 0.05) is 5.56 Å². The smallest absolute Gasteiger partial charge is 0.283 e. The molecule has 0 aromatic heterocycles. The maximum atomic E-state index is 13.6. The van der Waals surface area contributed by atoms with E-state index in [1.165, 1.54) is 22.1 Å². The highest BCUT2D eigenvalue weighted by Gasteiger charge is 2.09. The Bertz CT molecular complexity index is 1340. The molecule has 2 aliphatic rings. The van der Waals surface area contributed by atoms with Crippen LogP contribution < -0.4 is 25.7 Å². The normalized spacial score (nSPS) is 11.8. The topological polar surface area (TPSA) is 83.8 Å². The van der Waals surface area contributed by atoms with Crippen LogP contribution in [0, 0.1) is 11.2 Å². The van der Waals surface area contributed by atoms with Crippen molar-refractivity contribution >= 4 is 24.0 Å². The average Bonchev–Trinajstić information content (AvgIpc) is 3.06. The van der Waals surface area contributed by atoms with Crippen LogP contribution >= 0.6 is 11.3 Å². The average molecular weight is 394 g/mol. The summed E-state index contributed by atoms with van der Waals surface area (Å²) in [5, 5.41) is 11.7. The van der Waals surface area contributed by atoms with Crippen LogP contribution in [0.25, 0.3) is 17.8 Å². The second kappa shape index (κ2) is 7.24. The lowest BCUT2D eigenvalue weighted by molar-refractivity contribution is 0.300. The van der Waals surface area contributed by atoms with Gasteiger partial charge in [0.15, 0.2) is 5.49 Å². The number of H-pyrrole nitrogens is 1. The molecule has 0 bridgehead atoms. The zero-order valence-electron chi connectivity index (χ0n) is 14.6. The molecule has 0 radical (unpaired) electrons. The van der Waals surface area contributed by atoms with Gasteiger partial charge in [0.1, 0.15) is 22.8 Å². The van der Waals surface area contributed by atoms with Crippen LogP contribution in [-0.2, 0) is 6.61 Å². The number of aromatic nitrogens is 3. The monoisotopic (exact) mass is 394 g/mol. The predicted molar refractivity (Wildman–Crippen MR) is 105 cm³/mol. The summed E-state index contributed by atoms with van der Waals surface area (Å²) in [4.78, 5) is 16.2. The van der Waals surface area contributed by atoms with E-state index in [9.17, 15) is 9.18 Å². The number of aromatic amines is 1. The van der Waals surface area contributed by atoms with Gasteiger partial charge >= 0.3 is 0 Å². The van der Waals surface area contributed by atoms with E-state index in [4.69, 9.17) is 10.1 Å². The molecule has 0 fully saturated rings. The highest BCUT2D eigenvalue weighted by Crippen LogP contribution is 2.15. The maximum absolute atomic E-state index is 13.6. The van der Waals surface area contributed by atoms with Crippen molar-refractivity contribution in [3.8, 4) is 10.9 Å². The summed E-state index contributed by atoms with van der Waals surface area (Å²) in [6, 6.07) is 13.4. The van der Waals surface area contributed by atoms with Crippen LogP contribution in [0.3, 0.4) is 0 Å². The first kappa shape index (κ1) is 17.9. The number of ether oxygens (including phenoxy) is 1. The third-order valence-corrected chi connectivity index (χ3v) is 4.89. The van der Waals surface area contributed by atoms with Crippen molar-refractivity contribution in [2.45, 2.75) is 6.61 Å². The number of nitrogens with zero attached hydrogens (tertiary/aromatic N) is 2. The first-order chi connectivity index (χ1) is 13.5. The molecule has 8 heteroatoms. The van der Waals surface area contributed by atoms with E-state index >= 15 is 0 Å². The lowest BCUT2D eigenvalue weighted by Gasteiger charge is -2.07. The van der Waals surface area contributed by atoms with Gasteiger partial charge in [-0.05, 0) is 29.8 Å². The molecule has 2 aromatic rings. The first-order valence-corrected chi connectivity index (χ1v) is 9.16. The molecule has 0 saturated heterocycles. The van der Waals surface area contributed by atoms with Gasteiger partial charge < -0.3 is 4.74 Å². The number of fused-ring (bicyclic) bond motifs is 1. The summed E-state index contributed by atoms with van der Waals surface area (Å²) in [5.41, 5.74) is 0.734. The van der Waals surface area contributed by atoms with Crippen LogP contribution in [0.4, 0.5) is 4.39 Å². The molecule has 0 unspecified atom stereocenters. The van der Waals surface area contributed by atoms with Gasteiger partial charge in [-0.2, -0.15) is 4.98 Å². The number of nitrogens with one attached hydrogen (secondary N) is 2. The van der Waals surface area contributed by atoms with Crippen LogP contribution in [0.1, 0.15) is 11.1 Å². The summed E-state index contributed by atoms with van der Waals surface area (Å²) >= 11 is 1.21. The van der Waals surface area contributed by atoms with E-state index in [0.717, 1.165) is 5.56 Å². The first-order valence-electron chi connectivity index (χ1n) is 8.35. The molecule has 0 saturated carbocycles. The lowest BCUT2D eigenvalue weighted by Crippen LogP contribution is -2.47. The van der Waals surface area contributed by atoms with E-state index in [2.05, 4.69) is 16.7 Å². The fourth-order valence-corrected chi connectivity index (χ4v) is 3.39. The summed E-state index contributed by atoms with van der Waals surface area (Å²) < 4.78 is 21.3. The van der Waals surface area contributed by atoms with Crippen molar-refractivity contribution in [2.24, 2.45) is 0 Å². The summed E-state index contributed by atoms with van der Waals surface area (Å²) in [5.74, 6) is 0.263. The molecule has 0 spiro atoms. The molecule has 6 nitrogen and oxygen atoms in total. The Morgan fingerprint density at radius 2 is 2.00 bits per heavy atom. The molecular weight excluding hydrogens is 379 g/mol. The molecule has 0 atom stereocenters. The fourth-order valence-electron chi connectivity index (χ4n) is 2.68. The number of benzene rings is 2. The van der Waals surface area contributed by atoms with Crippen LogP contribution in [0.5, 0.6) is 5.75 Å². The van der Waals surface area contributed by atoms with E-state index in [1.807, 2.05) is 0 Å². The van der Waals surface area contributed by atoms with Crippen LogP contribution in [0.2, 0.25) is 0 Å². The highest BCUT2D eigenvalue weighted by molar-refractivity contribution is 7.11. The largest absolute Gasteiger partial charge is 0.489 e. The second-order valence-corrected chi connectivity index (χ2v) is 7.09. The Hall–Kier alpha value is -3.52. The minimum absolute atomic E-state index is 0.0148. The van der Waals surface area contributed by atoms with Gasteiger partial charge in [-0.25, -0.2) is 9.07 Å². The fraction of sp³-hybridized carbons (Fsp3) is 0.0500. The van der Waals surface area contributed by atoms with E-state index in [0.29, 0.717) is 21.1 Å². The Labute approximate surface area is 162 Å². The quantitative estimate of drug-likeness (QED) is 0.550. The Morgan fingerprint density at radius 3 is 2.75 bits per heavy atom. The number of halogens is 1.